The summed E-state index contributed by atoms with van der Waals surface area (Å²) in [6.07, 6.45) is 1.43. The lowest BCUT2D eigenvalue weighted by Crippen LogP contribution is -2.27. The van der Waals surface area contributed by atoms with Gasteiger partial charge in [0.05, 0.1) is 0 Å². The van der Waals surface area contributed by atoms with Gasteiger partial charge in [-0.2, -0.15) is 0 Å². The first-order chi connectivity index (χ1) is 10.7. The summed E-state index contributed by atoms with van der Waals surface area (Å²) in [6.45, 7) is 2.46. The van der Waals surface area contributed by atoms with E-state index < -0.39 is 10.0 Å². The van der Waals surface area contributed by atoms with Crippen molar-refractivity contribution in [1.29, 1.82) is 0 Å². The van der Waals surface area contributed by atoms with Crippen molar-refractivity contribution < 1.29 is 13.2 Å². The molecule has 6 nitrogen and oxygen atoms in total. The molecule has 1 N–H and O–H groups in total. The van der Waals surface area contributed by atoms with Crippen LogP contribution in [0.3, 0.4) is 0 Å². The van der Waals surface area contributed by atoms with Crippen molar-refractivity contribution in [2.45, 2.75) is 18.4 Å². The number of carbonyl (C=O) groups is 1. The van der Waals surface area contributed by atoms with Gasteiger partial charge in [-0.15, -0.1) is 0 Å². The molecule has 7 heteroatoms. The van der Waals surface area contributed by atoms with Gasteiger partial charge < -0.3 is 9.47 Å². The Hall–Kier alpha value is -2.12. The maximum absolute atomic E-state index is 12.6. The van der Waals surface area contributed by atoms with Crippen molar-refractivity contribution in [2.75, 3.05) is 14.1 Å². The summed E-state index contributed by atoms with van der Waals surface area (Å²) in [5.41, 5.74) is 2.50. The van der Waals surface area contributed by atoms with Crippen LogP contribution < -0.4 is 4.72 Å². The van der Waals surface area contributed by atoms with E-state index in [0.29, 0.717) is 12.2 Å². The number of carbonyl (C=O) groups excluding carboxylic acids is 1. The highest BCUT2D eigenvalue weighted by Crippen LogP contribution is 2.16. The molecule has 0 radical (unpaired) electrons. The number of amides is 1. The Morgan fingerprint density at radius 2 is 1.87 bits per heavy atom. The Balaban J connectivity index is 2.21. The second kappa shape index (κ2) is 6.55. The smallest absolute Gasteiger partial charge is 0.270 e. The Morgan fingerprint density at radius 1 is 1.26 bits per heavy atom. The second-order valence-electron chi connectivity index (χ2n) is 5.53. The molecule has 124 valence electrons. The first-order valence-electron chi connectivity index (χ1n) is 7.15. The number of nitrogens with zero attached hydrogens (tertiary/aromatic N) is 2. The van der Waals surface area contributed by atoms with E-state index in [1.165, 1.54) is 23.9 Å². The van der Waals surface area contributed by atoms with Crippen LogP contribution in [0.15, 0.2) is 41.4 Å². The number of nitrogens with one attached hydrogen (secondary N) is 1. The standard InChI is InChI=1S/C16H21N3O3S/c1-12-5-7-13(8-6-12)10-19(4)16(20)15-9-14(11-18(15)3)23(21,22)17-2/h5-9,11,17H,10H2,1-4H3. The van der Waals surface area contributed by atoms with E-state index >= 15 is 0 Å². The zero-order valence-corrected chi connectivity index (χ0v) is 14.5. The van der Waals surface area contributed by atoms with E-state index in [1.807, 2.05) is 31.2 Å². The number of aromatic nitrogens is 1. The zero-order valence-electron chi connectivity index (χ0n) is 13.7. The van der Waals surface area contributed by atoms with Gasteiger partial charge in [0.15, 0.2) is 0 Å². The largest absolute Gasteiger partial charge is 0.345 e. The molecule has 0 spiro atoms. The zero-order chi connectivity index (χ0) is 17.2. The van der Waals surface area contributed by atoms with Gasteiger partial charge >= 0.3 is 0 Å². The van der Waals surface area contributed by atoms with Crippen LogP contribution in [0.4, 0.5) is 0 Å². The van der Waals surface area contributed by atoms with Crippen molar-refractivity contribution in [3.8, 4) is 0 Å². The van der Waals surface area contributed by atoms with E-state index in [-0.39, 0.29) is 10.8 Å². The average molecular weight is 335 g/mol. The van der Waals surface area contributed by atoms with Gasteiger partial charge in [0.1, 0.15) is 10.6 Å². The van der Waals surface area contributed by atoms with Gasteiger partial charge in [0.25, 0.3) is 5.91 Å². The SMILES string of the molecule is CNS(=O)(=O)c1cc(C(=O)N(C)Cc2ccc(C)cc2)n(C)c1. The van der Waals surface area contributed by atoms with Crippen LogP contribution in [0.5, 0.6) is 0 Å². The molecule has 0 aliphatic carbocycles. The maximum atomic E-state index is 12.6. The lowest BCUT2D eigenvalue weighted by atomic mass is 10.1. The van der Waals surface area contributed by atoms with Gasteiger partial charge in [-0.25, -0.2) is 13.1 Å². The van der Waals surface area contributed by atoms with Crippen LogP contribution in [0.25, 0.3) is 0 Å². The summed E-state index contributed by atoms with van der Waals surface area (Å²) in [5.74, 6) is -0.231. The van der Waals surface area contributed by atoms with Gasteiger partial charge in [0, 0.05) is 26.8 Å². The van der Waals surface area contributed by atoms with Crippen LogP contribution in [0.1, 0.15) is 21.6 Å². The van der Waals surface area contributed by atoms with Gasteiger partial charge in [-0.05, 0) is 25.6 Å². The quantitative estimate of drug-likeness (QED) is 0.900. The van der Waals surface area contributed by atoms with E-state index in [0.717, 1.165) is 11.1 Å². The fourth-order valence-electron chi connectivity index (χ4n) is 2.25. The summed E-state index contributed by atoms with van der Waals surface area (Å²) >= 11 is 0. The molecule has 1 aromatic carbocycles. The number of sulfonamides is 1. The topological polar surface area (TPSA) is 71.4 Å². The molecule has 0 saturated carbocycles. The molecule has 2 rings (SSSR count). The maximum Gasteiger partial charge on any atom is 0.270 e. The number of hydrogen-bond acceptors (Lipinski definition) is 3. The summed E-state index contributed by atoms with van der Waals surface area (Å²) in [6, 6.07) is 9.32. The summed E-state index contributed by atoms with van der Waals surface area (Å²) in [5, 5.41) is 0. The Morgan fingerprint density at radius 3 is 2.43 bits per heavy atom. The van der Waals surface area contributed by atoms with E-state index in [9.17, 15) is 13.2 Å². The van der Waals surface area contributed by atoms with Crippen LogP contribution in [-0.2, 0) is 23.6 Å². The number of aryl methyl sites for hydroxylation is 2. The molecule has 0 fully saturated rings. The minimum absolute atomic E-state index is 0.0783. The van der Waals surface area contributed by atoms with Gasteiger partial charge in [0.2, 0.25) is 10.0 Å². The van der Waals surface area contributed by atoms with Crippen LogP contribution in [-0.4, -0.2) is 37.9 Å². The highest BCUT2D eigenvalue weighted by Gasteiger charge is 2.21. The third-order valence-corrected chi connectivity index (χ3v) is 5.05. The monoisotopic (exact) mass is 335 g/mol. The molecule has 0 aliphatic heterocycles. The first kappa shape index (κ1) is 17.2. The van der Waals surface area contributed by atoms with Crippen LogP contribution in [0.2, 0.25) is 0 Å². The molecule has 23 heavy (non-hydrogen) atoms. The predicted molar refractivity (Wildman–Crippen MR) is 88.6 cm³/mol. The second-order valence-corrected chi connectivity index (χ2v) is 7.41. The van der Waals surface area contributed by atoms with E-state index in [1.54, 1.807) is 19.0 Å². The predicted octanol–water partition coefficient (Wildman–Crippen LogP) is 1.51. The minimum atomic E-state index is -3.56. The molecular formula is C16H21N3O3S. The fourth-order valence-corrected chi connectivity index (χ4v) is 3.05. The minimum Gasteiger partial charge on any atom is -0.345 e. The highest BCUT2D eigenvalue weighted by atomic mass is 32.2. The van der Waals surface area contributed by atoms with Crippen LogP contribution >= 0.6 is 0 Å². The normalized spacial score (nSPS) is 11.5. The number of rotatable bonds is 5. The highest BCUT2D eigenvalue weighted by molar-refractivity contribution is 7.89. The van der Waals surface area contributed by atoms with Crippen molar-refractivity contribution in [2.24, 2.45) is 7.05 Å². The molecule has 0 bridgehead atoms. The molecule has 0 aliphatic rings. The Bertz CT molecular complexity index is 808. The molecule has 1 amide bonds. The summed E-state index contributed by atoms with van der Waals surface area (Å²) < 4.78 is 27.4. The number of benzene rings is 1. The lowest BCUT2D eigenvalue weighted by molar-refractivity contribution is 0.0775. The molecule has 0 unspecified atom stereocenters. The van der Waals surface area contributed by atoms with Crippen molar-refractivity contribution in [3.05, 3.63) is 53.3 Å². The third-order valence-electron chi connectivity index (χ3n) is 3.67. The summed E-state index contributed by atoms with van der Waals surface area (Å²) in [4.78, 5) is 14.2. The van der Waals surface area contributed by atoms with Crippen molar-refractivity contribution in [3.63, 3.8) is 0 Å². The van der Waals surface area contributed by atoms with Gasteiger partial charge in [-0.3, -0.25) is 4.79 Å². The molecule has 0 atom stereocenters. The average Bonchev–Trinajstić information content (AvgIpc) is 2.91. The third kappa shape index (κ3) is 3.80. The Kier molecular flexibility index (Phi) is 4.91. The Labute approximate surface area is 136 Å². The van der Waals surface area contributed by atoms with Crippen LogP contribution in [0, 0.1) is 6.92 Å². The van der Waals surface area contributed by atoms with E-state index in [4.69, 9.17) is 0 Å². The molecule has 0 saturated heterocycles. The van der Waals surface area contributed by atoms with Gasteiger partial charge in [-0.1, -0.05) is 29.8 Å². The molecular weight excluding hydrogens is 314 g/mol. The fraction of sp³-hybridized carbons (Fsp3) is 0.312. The van der Waals surface area contributed by atoms with Crippen molar-refractivity contribution >= 4 is 15.9 Å². The number of hydrogen-bond donors (Lipinski definition) is 1. The first-order valence-corrected chi connectivity index (χ1v) is 8.64. The van der Waals surface area contributed by atoms with E-state index in [2.05, 4.69) is 4.72 Å². The summed E-state index contributed by atoms with van der Waals surface area (Å²) in [7, 11) is 1.13. The van der Waals surface area contributed by atoms with Crippen molar-refractivity contribution in [1.82, 2.24) is 14.2 Å². The molecule has 2 aromatic rings. The lowest BCUT2D eigenvalue weighted by Gasteiger charge is -2.17. The molecule has 1 aromatic heterocycles. The molecule has 1 heterocycles.